The second-order valence-electron chi connectivity index (χ2n) is 5.83. The van der Waals surface area contributed by atoms with Crippen molar-refractivity contribution in [2.75, 3.05) is 11.9 Å². The van der Waals surface area contributed by atoms with E-state index < -0.39 is 5.41 Å². The molecule has 0 bridgehead atoms. The number of aryl methyl sites for hydroxylation is 1. The maximum atomic E-state index is 13.0. The Bertz CT molecular complexity index is 548. The molecule has 0 atom stereocenters. The van der Waals surface area contributed by atoms with Crippen LogP contribution in [-0.2, 0) is 4.79 Å². The van der Waals surface area contributed by atoms with Crippen LogP contribution < -0.4 is 10.6 Å². The van der Waals surface area contributed by atoms with Crippen LogP contribution in [0.1, 0.15) is 37.7 Å². The van der Waals surface area contributed by atoms with Crippen LogP contribution in [0, 0.1) is 12.3 Å². The average Bonchev–Trinajstić information content (AvgIpc) is 2.53. The Balaban J connectivity index is 2.34. The molecule has 1 aliphatic carbocycles. The fourth-order valence-corrected chi connectivity index (χ4v) is 3.11. The molecule has 0 unspecified atom stereocenters. The van der Waals surface area contributed by atoms with Crippen LogP contribution in [0.4, 0.5) is 5.69 Å². The molecule has 21 heavy (non-hydrogen) atoms. The van der Waals surface area contributed by atoms with E-state index in [0.717, 1.165) is 30.5 Å². The van der Waals surface area contributed by atoms with E-state index >= 15 is 0 Å². The lowest BCUT2D eigenvalue weighted by molar-refractivity contribution is -0.126. The zero-order valence-electron chi connectivity index (χ0n) is 12.7. The number of amidine groups is 1. The smallest absolute Gasteiger partial charge is 0.240 e. The van der Waals surface area contributed by atoms with Crippen LogP contribution in [0.5, 0.6) is 0 Å². The molecule has 1 fully saturated rings. The molecule has 5 heteroatoms. The number of carbonyl (C=O) groups excluding carboxylic acids is 1. The molecule has 0 radical (unpaired) electrons. The van der Waals surface area contributed by atoms with Crippen LogP contribution in [0.15, 0.2) is 29.4 Å². The van der Waals surface area contributed by atoms with Gasteiger partial charge in [0.25, 0.3) is 0 Å². The van der Waals surface area contributed by atoms with Crippen molar-refractivity contribution in [2.24, 2.45) is 16.3 Å². The first-order valence-corrected chi connectivity index (χ1v) is 7.34. The quantitative estimate of drug-likeness (QED) is 0.388. The van der Waals surface area contributed by atoms with Gasteiger partial charge in [0, 0.05) is 12.7 Å². The Morgan fingerprint density at radius 2 is 2.00 bits per heavy atom. The Kier molecular flexibility index (Phi) is 4.50. The minimum absolute atomic E-state index is 0.0340. The van der Waals surface area contributed by atoms with Crippen molar-refractivity contribution in [3.05, 3.63) is 29.8 Å². The Morgan fingerprint density at radius 1 is 1.33 bits per heavy atom. The molecule has 1 aromatic carbocycles. The fourth-order valence-electron chi connectivity index (χ4n) is 3.11. The minimum Gasteiger partial charge on any atom is -0.409 e. The first-order valence-electron chi connectivity index (χ1n) is 7.34. The maximum Gasteiger partial charge on any atom is 0.240 e. The fraction of sp³-hybridized carbons (Fsp3) is 0.500. The second-order valence-corrected chi connectivity index (χ2v) is 5.83. The highest BCUT2D eigenvalue weighted by Crippen LogP contribution is 2.39. The van der Waals surface area contributed by atoms with Crippen molar-refractivity contribution < 1.29 is 10.0 Å². The number of nitrogens with zero attached hydrogens (tertiary/aromatic N) is 2. The van der Waals surface area contributed by atoms with Gasteiger partial charge in [-0.1, -0.05) is 36.6 Å². The van der Waals surface area contributed by atoms with Gasteiger partial charge >= 0.3 is 0 Å². The number of hydrogen-bond donors (Lipinski definition) is 2. The monoisotopic (exact) mass is 289 g/mol. The van der Waals surface area contributed by atoms with E-state index in [1.54, 1.807) is 11.9 Å². The maximum absolute atomic E-state index is 13.0. The Morgan fingerprint density at radius 3 is 2.57 bits per heavy atom. The molecule has 0 saturated heterocycles. The van der Waals surface area contributed by atoms with E-state index in [2.05, 4.69) is 5.16 Å². The third-order valence-electron chi connectivity index (χ3n) is 4.41. The van der Waals surface area contributed by atoms with E-state index in [0.29, 0.717) is 12.8 Å². The van der Waals surface area contributed by atoms with Crippen molar-refractivity contribution >= 4 is 17.4 Å². The highest BCUT2D eigenvalue weighted by molar-refractivity contribution is 6.12. The molecule has 114 valence electrons. The number of carbonyl (C=O) groups is 1. The summed E-state index contributed by atoms with van der Waals surface area (Å²) in [6.45, 7) is 1.99. The zero-order valence-corrected chi connectivity index (χ0v) is 12.7. The number of hydrogen-bond acceptors (Lipinski definition) is 3. The third-order valence-corrected chi connectivity index (χ3v) is 4.41. The molecule has 0 spiro atoms. The van der Waals surface area contributed by atoms with Gasteiger partial charge in [-0.25, -0.2) is 0 Å². The van der Waals surface area contributed by atoms with E-state index in [-0.39, 0.29) is 11.7 Å². The van der Waals surface area contributed by atoms with Gasteiger partial charge in [0.05, 0.1) is 0 Å². The molecule has 0 aliphatic heterocycles. The molecule has 1 saturated carbocycles. The third kappa shape index (κ3) is 2.86. The second kappa shape index (κ2) is 6.16. The molecule has 3 N–H and O–H groups in total. The summed E-state index contributed by atoms with van der Waals surface area (Å²) < 4.78 is 0. The van der Waals surface area contributed by atoms with E-state index in [4.69, 9.17) is 10.9 Å². The average molecular weight is 289 g/mol. The summed E-state index contributed by atoms with van der Waals surface area (Å²) >= 11 is 0. The van der Waals surface area contributed by atoms with Crippen molar-refractivity contribution in [3.8, 4) is 0 Å². The number of nitrogens with two attached hydrogens (primary N) is 1. The molecule has 0 aromatic heterocycles. The summed E-state index contributed by atoms with van der Waals surface area (Å²) in [7, 11) is 1.75. The lowest BCUT2D eigenvalue weighted by Crippen LogP contribution is -2.51. The van der Waals surface area contributed by atoms with Gasteiger partial charge in [-0.05, 0) is 37.5 Å². The predicted octanol–water partition coefficient (Wildman–Crippen LogP) is 2.65. The summed E-state index contributed by atoms with van der Waals surface area (Å²) in [5.74, 6) is -0.0604. The molecule has 1 aliphatic rings. The molecule has 2 rings (SSSR count). The topological polar surface area (TPSA) is 78.9 Å². The number of benzene rings is 1. The predicted molar refractivity (Wildman–Crippen MR) is 83.5 cm³/mol. The highest BCUT2D eigenvalue weighted by Gasteiger charge is 2.45. The van der Waals surface area contributed by atoms with E-state index in [9.17, 15) is 4.79 Å². The minimum atomic E-state index is -0.870. The first kappa shape index (κ1) is 15.4. The molecule has 1 aromatic rings. The Hall–Kier alpha value is -2.04. The molecular weight excluding hydrogens is 266 g/mol. The van der Waals surface area contributed by atoms with Gasteiger partial charge in [0.1, 0.15) is 5.41 Å². The van der Waals surface area contributed by atoms with Crippen LogP contribution in [-0.4, -0.2) is 24.0 Å². The van der Waals surface area contributed by atoms with Crippen LogP contribution in [0.3, 0.4) is 0 Å². The van der Waals surface area contributed by atoms with Gasteiger partial charge in [-0.3, -0.25) is 4.79 Å². The SMILES string of the molecule is Cc1cccc(N(C)C(=O)C2(C(N)=NO)CCCCC2)c1. The number of rotatable bonds is 3. The number of anilines is 1. The van der Waals surface area contributed by atoms with Crippen molar-refractivity contribution in [2.45, 2.75) is 39.0 Å². The number of amides is 1. The van der Waals surface area contributed by atoms with Gasteiger partial charge in [0.15, 0.2) is 5.84 Å². The first-order chi connectivity index (χ1) is 10.0. The lowest BCUT2D eigenvalue weighted by atomic mass is 9.72. The lowest BCUT2D eigenvalue weighted by Gasteiger charge is -2.37. The molecular formula is C16H23N3O2. The summed E-state index contributed by atoms with van der Waals surface area (Å²) in [5.41, 5.74) is 6.93. The van der Waals surface area contributed by atoms with Gasteiger partial charge in [0.2, 0.25) is 5.91 Å². The normalized spacial score (nSPS) is 18.3. The summed E-state index contributed by atoms with van der Waals surface area (Å²) in [6, 6.07) is 7.77. The van der Waals surface area contributed by atoms with E-state index in [1.165, 1.54) is 0 Å². The summed E-state index contributed by atoms with van der Waals surface area (Å²) in [4.78, 5) is 14.6. The standard InChI is InChI=1S/C16H23N3O2/c1-12-7-6-8-13(11-12)19(2)15(20)16(14(17)18-21)9-4-3-5-10-16/h6-8,11,21H,3-5,9-10H2,1-2H3,(H2,17,18). The zero-order chi connectivity index (χ0) is 15.5. The van der Waals surface area contributed by atoms with Crippen molar-refractivity contribution in [1.29, 1.82) is 0 Å². The summed E-state index contributed by atoms with van der Waals surface area (Å²) in [5, 5.41) is 12.2. The van der Waals surface area contributed by atoms with Gasteiger partial charge in [-0.2, -0.15) is 0 Å². The molecule has 5 nitrogen and oxygen atoms in total. The van der Waals surface area contributed by atoms with Crippen LogP contribution in [0.25, 0.3) is 0 Å². The number of oxime groups is 1. The van der Waals surface area contributed by atoms with Crippen molar-refractivity contribution in [1.82, 2.24) is 0 Å². The molecule has 0 heterocycles. The van der Waals surface area contributed by atoms with Crippen LogP contribution in [0.2, 0.25) is 0 Å². The van der Waals surface area contributed by atoms with E-state index in [1.807, 2.05) is 31.2 Å². The summed E-state index contributed by atoms with van der Waals surface area (Å²) in [6.07, 6.45) is 4.20. The van der Waals surface area contributed by atoms with Gasteiger partial charge < -0.3 is 15.8 Å². The molecule has 1 amide bonds. The van der Waals surface area contributed by atoms with Crippen LogP contribution >= 0.6 is 0 Å². The Labute approximate surface area is 125 Å². The highest BCUT2D eigenvalue weighted by atomic mass is 16.4. The largest absolute Gasteiger partial charge is 0.409 e. The van der Waals surface area contributed by atoms with Crippen molar-refractivity contribution in [3.63, 3.8) is 0 Å². The van der Waals surface area contributed by atoms with Gasteiger partial charge in [-0.15, -0.1) is 0 Å².